The molecule has 0 aliphatic rings. The second kappa shape index (κ2) is 11.6. The molecular formula is C26H27N2O4P. The van der Waals surface area contributed by atoms with Crippen molar-refractivity contribution >= 4 is 19.2 Å². The molecule has 0 atom stereocenters. The first-order valence-corrected chi connectivity index (χ1v) is 12.5. The summed E-state index contributed by atoms with van der Waals surface area (Å²) < 4.78 is 23.5. The third-order valence-corrected chi connectivity index (χ3v) is 7.02. The number of nitrogens with zero attached hydrogens (tertiary/aromatic N) is 2. The summed E-state index contributed by atoms with van der Waals surface area (Å²) in [7, 11) is -3.22. The van der Waals surface area contributed by atoms with Crippen molar-refractivity contribution in [1.82, 2.24) is 0 Å². The Hall–Kier alpha value is -3.23. The molecule has 6 nitrogen and oxygen atoms in total. The number of benzene rings is 3. The molecule has 0 unspecified atom stereocenters. The maximum absolute atomic E-state index is 13.5. The van der Waals surface area contributed by atoms with Crippen LogP contribution < -0.4 is 4.90 Å². The third kappa shape index (κ3) is 6.63. The Labute approximate surface area is 194 Å². The average Bonchev–Trinajstić information content (AvgIpc) is 2.83. The minimum atomic E-state index is -3.22. The van der Waals surface area contributed by atoms with Gasteiger partial charge in [0.25, 0.3) is 5.91 Å². The number of anilines is 1. The molecule has 0 aromatic heterocycles. The van der Waals surface area contributed by atoms with Gasteiger partial charge in [-0.15, -0.1) is 0 Å². The Balaban J connectivity index is 1.86. The zero-order valence-electron chi connectivity index (χ0n) is 18.8. The van der Waals surface area contributed by atoms with Crippen LogP contribution in [0.3, 0.4) is 0 Å². The summed E-state index contributed by atoms with van der Waals surface area (Å²) in [6.07, 6.45) is 0.145. The maximum Gasteiger partial charge on any atom is 0.335 e. The van der Waals surface area contributed by atoms with Crippen LogP contribution in [0.2, 0.25) is 0 Å². The van der Waals surface area contributed by atoms with E-state index in [1.807, 2.05) is 30.3 Å². The number of carbonyl (C=O) groups excluding carboxylic acids is 1. The molecule has 3 aromatic rings. The van der Waals surface area contributed by atoms with Crippen molar-refractivity contribution in [3.05, 3.63) is 101 Å². The fourth-order valence-electron chi connectivity index (χ4n) is 3.42. The lowest BCUT2D eigenvalue weighted by molar-refractivity contribution is 0.0985. The van der Waals surface area contributed by atoms with Crippen molar-refractivity contribution in [3.8, 4) is 6.07 Å². The maximum atomic E-state index is 13.5. The number of amides is 1. The minimum absolute atomic E-state index is 0.145. The predicted molar refractivity (Wildman–Crippen MR) is 129 cm³/mol. The summed E-state index contributed by atoms with van der Waals surface area (Å²) >= 11 is 0. The highest BCUT2D eigenvalue weighted by atomic mass is 31.2. The van der Waals surface area contributed by atoms with Gasteiger partial charge in [0, 0.05) is 11.3 Å². The van der Waals surface area contributed by atoms with Gasteiger partial charge in [-0.05, 0) is 61.4 Å². The third-order valence-electron chi connectivity index (χ3n) is 4.97. The van der Waals surface area contributed by atoms with Crippen LogP contribution in [-0.2, 0) is 26.3 Å². The molecule has 0 N–H and O–H groups in total. The molecule has 170 valence electrons. The molecule has 0 radical (unpaired) electrons. The average molecular weight is 462 g/mol. The van der Waals surface area contributed by atoms with Gasteiger partial charge in [-0.2, -0.15) is 5.26 Å². The first-order valence-electron chi connectivity index (χ1n) is 10.8. The number of hydrogen-bond acceptors (Lipinski definition) is 5. The van der Waals surface area contributed by atoms with E-state index < -0.39 is 7.60 Å². The molecular weight excluding hydrogens is 435 g/mol. The van der Waals surface area contributed by atoms with Crippen molar-refractivity contribution in [2.45, 2.75) is 26.6 Å². The Kier molecular flexibility index (Phi) is 8.57. The van der Waals surface area contributed by atoms with Gasteiger partial charge < -0.3 is 13.9 Å². The van der Waals surface area contributed by atoms with E-state index in [4.69, 9.17) is 14.3 Å². The largest absolute Gasteiger partial charge is 0.335 e. The molecule has 3 rings (SSSR count). The van der Waals surface area contributed by atoms with Crippen LogP contribution in [0.25, 0.3) is 0 Å². The van der Waals surface area contributed by atoms with Gasteiger partial charge in [0.1, 0.15) is 0 Å². The van der Waals surface area contributed by atoms with Crippen molar-refractivity contribution in [1.29, 1.82) is 5.26 Å². The molecule has 3 aromatic carbocycles. The van der Waals surface area contributed by atoms with Crippen molar-refractivity contribution in [3.63, 3.8) is 0 Å². The highest BCUT2D eigenvalue weighted by Crippen LogP contribution is 2.51. The zero-order chi connectivity index (χ0) is 23.7. The van der Waals surface area contributed by atoms with E-state index in [0.717, 1.165) is 11.1 Å². The number of rotatable bonds is 10. The molecule has 0 heterocycles. The van der Waals surface area contributed by atoms with Gasteiger partial charge in [-0.25, -0.2) is 0 Å². The normalized spacial score (nSPS) is 11.1. The minimum Gasteiger partial charge on any atom is -0.309 e. The van der Waals surface area contributed by atoms with Gasteiger partial charge in [0.05, 0.1) is 37.6 Å². The fourth-order valence-corrected chi connectivity index (χ4v) is 5.12. The summed E-state index contributed by atoms with van der Waals surface area (Å²) in [4.78, 5) is 15.1. The van der Waals surface area contributed by atoms with Crippen LogP contribution in [0.15, 0.2) is 78.9 Å². The molecule has 0 spiro atoms. The van der Waals surface area contributed by atoms with E-state index >= 15 is 0 Å². The van der Waals surface area contributed by atoms with Crippen molar-refractivity contribution < 1.29 is 18.4 Å². The molecule has 33 heavy (non-hydrogen) atoms. The smallest absolute Gasteiger partial charge is 0.309 e. The number of nitriles is 1. The van der Waals surface area contributed by atoms with E-state index in [2.05, 4.69) is 6.07 Å². The Morgan fingerprint density at radius 2 is 1.48 bits per heavy atom. The Morgan fingerprint density at radius 3 is 2.03 bits per heavy atom. The van der Waals surface area contributed by atoms with Crippen LogP contribution in [-0.4, -0.2) is 19.1 Å². The Bertz CT molecular complexity index is 1130. The Morgan fingerprint density at radius 1 is 0.879 bits per heavy atom. The first-order chi connectivity index (χ1) is 16.0. The van der Waals surface area contributed by atoms with Crippen LogP contribution in [0, 0.1) is 11.3 Å². The van der Waals surface area contributed by atoms with Gasteiger partial charge in [-0.1, -0.05) is 42.5 Å². The molecule has 0 saturated heterocycles. The number of hydrogen-bond donors (Lipinski definition) is 0. The molecule has 0 bridgehead atoms. The second-order valence-electron chi connectivity index (χ2n) is 7.34. The molecule has 0 aliphatic carbocycles. The van der Waals surface area contributed by atoms with Crippen molar-refractivity contribution in [2.24, 2.45) is 0 Å². The van der Waals surface area contributed by atoms with E-state index in [9.17, 15) is 9.36 Å². The lowest BCUT2D eigenvalue weighted by Gasteiger charge is -2.23. The topological polar surface area (TPSA) is 79.6 Å². The lowest BCUT2D eigenvalue weighted by atomic mass is 10.1. The fraction of sp³-hybridized carbons (Fsp3) is 0.231. The highest BCUT2D eigenvalue weighted by molar-refractivity contribution is 7.53. The van der Waals surface area contributed by atoms with E-state index in [0.29, 0.717) is 36.6 Å². The summed E-state index contributed by atoms with van der Waals surface area (Å²) in [5.74, 6) is -0.173. The SMILES string of the molecule is CCOP(=O)(Cc1ccc(C(=O)N(Cc2ccccc2)c2ccc(C#N)cc2)cc1)OCC. The van der Waals surface area contributed by atoms with Crippen LogP contribution in [0.1, 0.15) is 40.9 Å². The second-order valence-corrected chi connectivity index (χ2v) is 9.39. The quantitative estimate of drug-likeness (QED) is 0.337. The standard InChI is InChI=1S/C26H27N2O4P/c1-3-31-33(30,32-4-2)20-23-10-14-24(15-11-23)26(29)28(19-22-8-6-5-7-9-22)25-16-12-21(18-27)13-17-25/h5-17H,3-4,19-20H2,1-2H3. The highest BCUT2D eigenvalue weighted by Gasteiger charge is 2.24. The van der Waals surface area contributed by atoms with E-state index in [1.165, 1.54) is 0 Å². The molecule has 1 amide bonds. The van der Waals surface area contributed by atoms with Crippen molar-refractivity contribution in [2.75, 3.05) is 18.1 Å². The van der Waals surface area contributed by atoms with Crippen LogP contribution in [0.5, 0.6) is 0 Å². The van der Waals surface area contributed by atoms with Gasteiger partial charge in [0.2, 0.25) is 0 Å². The predicted octanol–water partition coefficient (Wildman–Crippen LogP) is 6.17. The van der Waals surface area contributed by atoms with E-state index in [-0.39, 0.29) is 12.1 Å². The monoisotopic (exact) mass is 462 g/mol. The zero-order valence-corrected chi connectivity index (χ0v) is 19.7. The molecule has 7 heteroatoms. The summed E-state index contributed by atoms with van der Waals surface area (Å²) in [6, 6.07) is 25.8. The summed E-state index contributed by atoms with van der Waals surface area (Å²) in [5.41, 5.74) is 3.49. The number of carbonyl (C=O) groups is 1. The van der Waals surface area contributed by atoms with E-state index in [1.54, 1.807) is 67.3 Å². The molecule has 0 aliphatic heterocycles. The van der Waals surface area contributed by atoms with Crippen LogP contribution in [0.4, 0.5) is 5.69 Å². The molecule has 0 saturated carbocycles. The van der Waals surface area contributed by atoms with Gasteiger partial charge in [-0.3, -0.25) is 9.36 Å². The molecule has 0 fully saturated rings. The first kappa shape index (κ1) is 24.4. The summed E-state index contributed by atoms with van der Waals surface area (Å²) in [5, 5.41) is 9.10. The summed E-state index contributed by atoms with van der Waals surface area (Å²) in [6.45, 7) is 4.53. The van der Waals surface area contributed by atoms with Gasteiger partial charge >= 0.3 is 7.60 Å². The van der Waals surface area contributed by atoms with Gasteiger partial charge in [0.15, 0.2) is 0 Å². The lowest BCUT2D eigenvalue weighted by Crippen LogP contribution is -2.30. The van der Waals surface area contributed by atoms with Crippen LogP contribution >= 0.6 is 7.60 Å².